The summed E-state index contributed by atoms with van der Waals surface area (Å²) in [5, 5.41) is 0. The molecule has 0 aromatic carbocycles. The maximum absolute atomic E-state index is 11.3. The number of nitrogens with zero attached hydrogens (tertiary/aromatic N) is 1. The van der Waals surface area contributed by atoms with Crippen LogP contribution in [0.15, 0.2) is 0 Å². The van der Waals surface area contributed by atoms with Crippen molar-refractivity contribution in [3.05, 3.63) is 0 Å². The topological polar surface area (TPSA) is 37.4 Å². The Bertz CT molecular complexity index is 238. The molecule has 1 fully saturated rings. The third-order valence-corrected chi connectivity index (χ3v) is 3.01. The highest BCUT2D eigenvalue weighted by Gasteiger charge is 2.22. The van der Waals surface area contributed by atoms with Crippen LogP contribution in [0.2, 0.25) is 0 Å². The zero-order valence-electron chi connectivity index (χ0n) is 9.79. The largest absolute Gasteiger partial charge is 0.302 e. The summed E-state index contributed by atoms with van der Waals surface area (Å²) in [7, 11) is 0. The van der Waals surface area contributed by atoms with Gasteiger partial charge in [-0.3, -0.25) is 4.79 Å². The predicted molar refractivity (Wildman–Crippen MR) is 59.8 cm³/mol. The fraction of sp³-hybridized carbons (Fsp3) is 0.833. The highest BCUT2D eigenvalue weighted by atomic mass is 16.1. The van der Waals surface area contributed by atoms with E-state index < -0.39 is 0 Å². The summed E-state index contributed by atoms with van der Waals surface area (Å²) in [5.41, 5.74) is 0. The van der Waals surface area contributed by atoms with Gasteiger partial charge in [-0.1, -0.05) is 6.92 Å². The van der Waals surface area contributed by atoms with Crippen LogP contribution >= 0.6 is 0 Å². The molecular formula is C12H21NO2. The predicted octanol–water partition coefficient (Wildman–Crippen LogP) is 1.66. The van der Waals surface area contributed by atoms with E-state index in [0.29, 0.717) is 18.6 Å². The van der Waals surface area contributed by atoms with E-state index in [4.69, 9.17) is 0 Å². The molecular weight excluding hydrogens is 190 g/mol. The van der Waals surface area contributed by atoms with Crippen molar-refractivity contribution in [2.75, 3.05) is 19.6 Å². The minimum absolute atomic E-state index is 0.201. The van der Waals surface area contributed by atoms with Crippen LogP contribution in [0.1, 0.15) is 39.5 Å². The van der Waals surface area contributed by atoms with Crippen LogP contribution < -0.4 is 0 Å². The van der Waals surface area contributed by atoms with E-state index >= 15 is 0 Å². The van der Waals surface area contributed by atoms with Crippen LogP contribution in [-0.2, 0) is 9.59 Å². The van der Waals surface area contributed by atoms with Gasteiger partial charge in [0.05, 0.1) is 0 Å². The Labute approximate surface area is 91.8 Å². The van der Waals surface area contributed by atoms with E-state index in [1.54, 1.807) is 6.92 Å². The number of carbonyl (C=O) groups is 2. The summed E-state index contributed by atoms with van der Waals surface area (Å²) >= 11 is 0. The van der Waals surface area contributed by atoms with Crippen molar-refractivity contribution in [3.63, 3.8) is 0 Å². The summed E-state index contributed by atoms with van der Waals surface area (Å²) in [6.07, 6.45) is 3.45. The molecule has 0 aromatic rings. The SMILES string of the molecule is CC(=O)CCCCN1CCC(=O)C(C)C1. The molecule has 0 aliphatic carbocycles. The molecule has 0 aromatic heterocycles. The number of Topliss-reactive ketones (excluding diaryl/α,β-unsaturated/α-hetero) is 2. The quantitative estimate of drug-likeness (QED) is 0.649. The van der Waals surface area contributed by atoms with Gasteiger partial charge in [-0.15, -0.1) is 0 Å². The van der Waals surface area contributed by atoms with Crippen molar-refractivity contribution >= 4 is 11.6 Å². The number of piperidine rings is 1. The first-order chi connectivity index (χ1) is 7.09. The molecule has 0 saturated carbocycles. The third kappa shape index (κ3) is 4.56. The van der Waals surface area contributed by atoms with Gasteiger partial charge in [0, 0.05) is 31.8 Å². The Kier molecular flexibility index (Phi) is 4.95. The van der Waals surface area contributed by atoms with Crippen molar-refractivity contribution in [1.29, 1.82) is 0 Å². The van der Waals surface area contributed by atoms with E-state index in [0.717, 1.165) is 32.5 Å². The molecule has 3 nitrogen and oxygen atoms in total. The maximum Gasteiger partial charge on any atom is 0.138 e. The standard InChI is InChI=1S/C12H21NO2/c1-10-9-13(8-6-12(10)15)7-4-3-5-11(2)14/h10H,3-9H2,1-2H3. The molecule has 0 spiro atoms. The monoisotopic (exact) mass is 211 g/mol. The Morgan fingerprint density at radius 1 is 1.47 bits per heavy atom. The van der Waals surface area contributed by atoms with Crippen LogP contribution in [0.4, 0.5) is 0 Å². The number of hydrogen-bond acceptors (Lipinski definition) is 3. The molecule has 86 valence electrons. The lowest BCUT2D eigenvalue weighted by molar-refractivity contribution is -0.125. The number of ketones is 2. The Morgan fingerprint density at radius 2 is 2.20 bits per heavy atom. The second kappa shape index (κ2) is 6.01. The number of carbonyl (C=O) groups excluding carboxylic acids is 2. The molecule has 1 heterocycles. The highest BCUT2D eigenvalue weighted by molar-refractivity contribution is 5.81. The van der Waals surface area contributed by atoms with Gasteiger partial charge < -0.3 is 9.69 Å². The van der Waals surface area contributed by atoms with E-state index in [-0.39, 0.29) is 11.7 Å². The van der Waals surface area contributed by atoms with Gasteiger partial charge in [-0.2, -0.15) is 0 Å². The van der Waals surface area contributed by atoms with Crippen LogP contribution in [0.5, 0.6) is 0 Å². The molecule has 1 saturated heterocycles. The molecule has 1 aliphatic heterocycles. The van der Waals surface area contributed by atoms with Crippen LogP contribution in [-0.4, -0.2) is 36.1 Å². The summed E-state index contributed by atoms with van der Waals surface area (Å²) in [5.74, 6) is 0.874. The molecule has 3 heteroatoms. The van der Waals surface area contributed by atoms with E-state index in [2.05, 4.69) is 4.90 Å². The van der Waals surface area contributed by atoms with Crippen molar-refractivity contribution in [3.8, 4) is 0 Å². The van der Waals surface area contributed by atoms with Crippen LogP contribution in [0, 0.1) is 5.92 Å². The Hall–Kier alpha value is -0.700. The molecule has 1 aliphatic rings. The Balaban J connectivity index is 2.12. The minimum Gasteiger partial charge on any atom is -0.302 e. The van der Waals surface area contributed by atoms with E-state index in [1.165, 1.54) is 0 Å². The van der Waals surface area contributed by atoms with Gasteiger partial charge in [0.25, 0.3) is 0 Å². The normalized spacial score (nSPS) is 23.1. The summed E-state index contributed by atoms with van der Waals surface area (Å²) in [6.45, 7) is 6.48. The summed E-state index contributed by atoms with van der Waals surface area (Å²) < 4.78 is 0. The molecule has 15 heavy (non-hydrogen) atoms. The van der Waals surface area contributed by atoms with Crippen molar-refractivity contribution in [2.45, 2.75) is 39.5 Å². The van der Waals surface area contributed by atoms with E-state index in [9.17, 15) is 9.59 Å². The van der Waals surface area contributed by atoms with Gasteiger partial charge in [0.1, 0.15) is 11.6 Å². The zero-order chi connectivity index (χ0) is 11.3. The first kappa shape index (κ1) is 12.4. The summed E-state index contributed by atoms with van der Waals surface area (Å²) in [4.78, 5) is 24.4. The molecule has 0 amide bonds. The number of hydrogen-bond donors (Lipinski definition) is 0. The lowest BCUT2D eigenvalue weighted by atomic mass is 9.98. The second-order valence-corrected chi connectivity index (χ2v) is 4.58. The fourth-order valence-corrected chi connectivity index (χ4v) is 2.01. The van der Waals surface area contributed by atoms with Crippen LogP contribution in [0.3, 0.4) is 0 Å². The van der Waals surface area contributed by atoms with Crippen molar-refractivity contribution < 1.29 is 9.59 Å². The molecule has 0 bridgehead atoms. The van der Waals surface area contributed by atoms with Gasteiger partial charge in [-0.25, -0.2) is 0 Å². The lowest BCUT2D eigenvalue weighted by Crippen LogP contribution is -2.39. The van der Waals surface area contributed by atoms with E-state index in [1.807, 2.05) is 6.92 Å². The van der Waals surface area contributed by atoms with Gasteiger partial charge in [-0.05, 0) is 26.3 Å². The second-order valence-electron chi connectivity index (χ2n) is 4.58. The number of unbranched alkanes of at least 4 members (excludes halogenated alkanes) is 1. The lowest BCUT2D eigenvalue weighted by Gasteiger charge is -2.29. The number of rotatable bonds is 5. The molecule has 1 rings (SSSR count). The maximum atomic E-state index is 11.3. The van der Waals surface area contributed by atoms with Crippen LogP contribution in [0.25, 0.3) is 0 Å². The molecule has 0 N–H and O–H groups in total. The molecule has 1 atom stereocenters. The molecule has 0 radical (unpaired) electrons. The van der Waals surface area contributed by atoms with Gasteiger partial charge in [0.2, 0.25) is 0 Å². The van der Waals surface area contributed by atoms with Gasteiger partial charge in [0.15, 0.2) is 0 Å². The van der Waals surface area contributed by atoms with Gasteiger partial charge >= 0.3 is 0 Å². The highest BCUT2D eigenvalue weighted by Crippen LogP contribution is 2.13. The first-order valence-corrected chi connectivity index (χ1v) is 5.84. The van der Waals surface area contributed by atoms with Crippen molar-refractivity contribution in [2.24, 2.45) is 5.92 Å². The average Bonchev–Trinajstić information content (AvgIpc) is 2.18. The average molecular weight is 211 g/mol. The third-order valence-electron chi connectivity index (χ3n) is 3.01. The summed E-state index contributed by atoms with van der Waals surface area (Å²) in [6, 6.07) is 0. The smallest absolute Gasteiger partial charge is 0.138 e. The number of likely N-dealkylation sites (tertiary alicyclic amines) is 1. The zero-order valence-corrected chi connectivity index (χ0v) is 9.79. The minimum atomic E-state index is 0.201. The molecule has 1 unspecified atom stereocenters. The fourth-order valence-electron chi connectivity index (χ4n) is 2.01. The van der Waals surface area contributed by atoms with Crippen molar-refractivity contribution in [1.82, 2.24) is 4.90 Å². The Morgan fingerprint density at radius 3 is 2.80 bits per heavy atom. The first-order valence-electron chi connectivity index (χ1n) is 5.84.